The Bertz CT molecular complexity index is 476. The Morgan fingerprint density at radius 3 is 2.75 bits per heavy atom. The number of ether oxygens (including phenoxy) is 1. The zero-order chi connectivity index (χ0) is 11.4. The molecule has 0 amide bonds. The lowest BCUT2D eigenvalue weighted by molar-refractivity contribution is 0.299. The van der Waals surface area contributed by atoms with E-state index in [0.29, 0.717) is 11.8 Å². The third-order valence-corrected chi connectivity index (χ3v) is 2.56. The summed E-state index contributed by atoms with van der Waals surface area (Å²) in [7, 11) is 0. The van der Waals surface area contributed by atoms with Crippen LogP contribution in [0.1, 0.15) is 5.69 Å². The van der Waals surface area contributed by atoms with Crippen LogP contribution in [-0.2, 0) is 6.61 Å². The second-order valence-corrected chi connectivity index (χ2v) is 4.40. The molecule has 0 N–H and O–H groups in total. The van der Waals surface area contributed by atoms with E-state index >= 15 is 0 Å². The van der Waals surface area contributed by atoms with Gasteiger partial charge in [0.1, 0.15) is 18.1 Å². The van der Waals surface area contributed by atoms with Crippen LogP contribution >= 0.6 is 27.5 Å². The first-order chi connectivity index (χ1) is 7.74. The fraction of sp³-hybridized carbons (Fsp3) is 0.0909. The van der Waals surface area contributed by atoms with Crippen LogP contribution < -0.4 is 4.74 Å². The highest BCUT2D eigenvalue weighted by Gasteiger charge is 1.98. The minimum absolute atomic E-state index is 0.376. The second-order valence-electron chi connectivity index (χ2n) is 3.09. The van der Waals surface area contributed by atoms with Crippen molar-refractivity contribution in [2.24, 2.45) is 0 Å². The molecule has 3 nitrogen and oxygen atoms in total. The molecular formula is C11H8BrClN2O. The van der Waals surface area contributed by atoms with Crippen molar-refractivity contribution in [1.29, 1.82) is 0 Å². The first-order valence-electron chi connectivity index (χ1n) is 4.60. The Labute approximate surface area is 107 Å². The van der Waals surface area contributed by atoms with Crippen molar-refractivity contribution in [2.45, 2.75) is 6.61 Å². The fourth-order valence-corrected chi connectivity index (χ4v) is 1.61. The predicted molar refractivity (Wildman–Crippen MR) is 65.5 cm³/mol. The van der Waals surface area contributed by atoms with Crippen molar-refractivity contribution in [3.8, 4) is 5.75 Å². The van der Waals surface area contributed by atoms with Crippen LogP contribution in [0.3, 0.4) is 0 Å². The van der Waals surface area contributed by atoms with E-state index < -0.39 is 0 Å². The second kappa shape index (κ2) is 5.27. The number of aromatic nitrogens is 2. The lowest BCUT2D eigenvalue weighted by atomic mass is 10.3. The van der Waals surface area contributed by atoms with Crippen molar-refractivity contribution >= 4 is 27.5 Å². The fourth-order valence-electron chi connectivity index (χ4n) is 1.13. The number of hydrogen-bond donors (Lipinski definition) is 0. The quantitative estimate of drug-likeness (QED) is 0.870. The third-order valence-electron chi connectivity index (χ3n) is 1.87. The molecule has 2 aromatic rings. The molecule has 1 heterocycles. The van der Waals surface area contributed by atoms with Gasteiger partial charge in [0, 0.05) is 4.47 Å². The van der Waals surface area contributed by atoms with E-state index in [0.717, 1.165) is 15.9 Å². The van der Waals surface area contributed by atoms with Gasteiger partial charge in [-0.2, -0.15) is 5.10 Å². The Morgan fingerprint density at radius 2 is 2.06 bits per heavy atom. The van der Waals surface area contributed by atoms with E-state index in [1.54, 1.807) is 12.1 Å². The van der Waals surface area contributed by atoms with Crippen molar-refractivity contribution in [3.63, 3.8) is 0 Å². The standard InChI is InChI=1S/C11H8BrClN2O/c12-8-2-1-3-10(6-8)16-7-9-4-5-11(13)15-14-9/h1-6H,7H2. The molecule has 0 atom stereocenters. The maximum atomic E-state index is 5.63. The van der Waals surface area contributed by atoms with Crippen molar-refractivity contribution in [3.05, 3.63) is 51.7 Å². The summed E-state index contributed by atoms with van der Waals surface area (Å²) in [6.07, 6.45) is 0. The van der Waals surface area contributed by atoms with Gasteiger partial charge in [0.05, 0.1) is 0 Å². The van der Waals surface area contributed by atoms with Gasteiger partial charge in [-0.3, -0.25) is 0 Å². The van der Waals surface area contributed by atoms with Crippen LogP contribution in [0.5, 0.6) is 5.75 Å². The molecule has 0 fully saturated rings. The van der Waals surface area contributed by atoms with Crippen LogP contribution in [0.25, 0.3) is 0 Å². The Hall–Kier alpha value is -1.13. The topological polar surface area (TPSA) is 35.0 Å². The lowest BCUT2D eigenvalue weighted by Crippen LogP contribution is -1.99. The average Bonchev–Trinajstić information content (AvgIpc) is 2.28. The molecule has 0 saturated carbocycles. The van der Waals surface area contributed by atoms with E-state index in [-0.39, 0.29) is 0 Å². The van der Waals surface area contributed by atoms with Gasteiger partial charge >= 0.3 is 0 Å². The van der Waals surface area contributed by atoms with Crippen LogP contribution in [-0.4, -0.2) is 10.2 Å². The molecule has 1 aromatic heterocycles. The average molecular weight is 300 g/mol. The van der Waals surface area contributed by atoms with Gasteiger partial charge < -0.3 is 4.74 Å². The molecule has 0 aliphatic heterocycles. The Kier molecular flexibility index (Phi) is 3.74. The molecule has 0 aliphatic rings. The zero-order valence-corrected chi connectivity index (χ0v) is 10.6. The summed E-state index contributed by atoms with van der Waals surface area (Å²) in [5.41, 5.74) is 0.740. The van der Waals surface area contributed by atoms with Gasteiger partial charge in [0.15, 0.2) is 5.15 Å². The first kappa shape index (κ1) is 11.4. The SMILES string of the molecule is Clc1ccc(COc2cccc(Br)c2)nn1. The summed E-state index contributed by atoms with van der Waals surface area (Å²) in [5, 5.41) is 8.01. The summed E-state index contributed by atoms with van der Waals surface area (Å²) in [6.45, 7) is 0.376. The summed E-state index contributed by atoms with van der Waals surface area (Å²) in [6, 6.07) is 11.1. The van der Waals surface area contributed by atoms with E-state index in [2.05, 4.69) is 26.1 Å². The summed E-state index contributed by atoms with van der Waals surface area (Å²) < 4.78 is 6.52. The molecule has 82 valence electrons. The molecular weight excluding hydrogens is 291 g/mol. The number of rotatable bonds is 3. The molecule has 0 spiro atoms. The van der Waals surface area contributed by atoms with Gasteiger partial charge in [0.2, 0.25) is 0 Å². The van der Waals surface area contributed by atoms with E-state index in [4.69, 9.17) is 16.3 Å². The minimum Gasteiger partial charge on any atom is -0.487 e. The Balaban J connectivity index is 1.99. The maximum absolute atomic E-state index is 5.63. The van der Waals surface area contributed by atoms with Gasteiger partial charge in [-0.05, 0) is 30.3 Å². The smallest absolute Gasteiger partial charge is 0.151 e. The highest BCUT2D eigenvalue weighted by Crippen LogP contribution is 2.18. The zero-order valence-electron chi connectivity index (χ0n) is 8.23. The Morgan fingerprint density at radius 1 is 1.19 bits per heavy atom. The number of nitrogens with zero attached hydrogens (tertiary/aromatic N) is 2. The van der Waals surface area contributed by atoms with Crippen LogP contribution in [0.2, 0.25) is 5.15 Å². The lowest BCUT2D eigenvalue weighted by Gasteiger charge is -2.05. The van der Waals surface area contributed by atoms with Crippen LogP contribution in [0.15, 0.2) is 40.9 Å². The monoisotopic (exact) mass is 298 g/mol. The van der Waals surface area contributed by atoms with Gasteiger partial charge in [-0.25, -0.2) is 0 Å². The summed E-state index contributed by atoms with van der Waals surface area (Å²) in [5.74, 6) is 0.783. The number of benzene rings is 1. The molecule has 1 aromatic carbocycles. The highest BCUT2D eigenvalue weighted by molar-refractivity contribution is 9.10. The molecule has 0 bridgehead atoms. The summed E-state index contributed by atoms with van der Waals surface area (Å²) in [4.78, 5) is 0. The van der Waals surface area contributed by atoms with Crippen LogP contribution in [0.4, 0.5) is 0 Å². The molecule has 0 saturated heterocycles. The normalized spacial score (nSPS) is 10.1. The van der Waals surface area contributed by atoms with Gasteiger partial charge in [-0.1, -0.05) is 33.6 Å². The first-order valence-corrected chi connectivity index (χ1v) is 5.77. The predicted octanol–water partition coefficient (Wildman–Crippen LogP) is 3.47. The van der Waals surface area contributed by atoms with Crippen LogP contribution in [0, 0.1) is 0 Å². The molecule has 0 unspecified atom stereocenters. The minimum atomic E-state index is 0.376. The van der Waals surface area contributed by atoms with Gasteiger partial charge in [0.25, 0.3) is 0 Å². The number of halogens is 2. The van der Waals surface area contributed by atoms with Crippen molar-refractivity contribution in [2.75, 3.05) is 0 Å². The maximum Gasteiger partial charge on any atom is 0.151 e. The molecule has 2 rings (SSSR count). The van der Waals surface area contributed by atoms with Gasteiger partial charge in [-0.15, -0.1) is 5.10 Å². The summed E-state index contributed by atoms with van der Waals surface area (Å²) >= 11 is 9.00. The molecule has 0 aliphatic carbocycles. The molecule has 0 radical (unpaired) electrons. The highest BCUT2D eigenvalue weighted by atomic mass is 79.9. The third kappa shape index (κ3) is 3.18. The van der Waals surface area contributed by atoms with Crippen molar-refractivity contribution in [1.82, 2.24) is 10.2 Å². The van der Waals surface area contributed by atoms with E-state index in [1.807, 2.05) is 24.3 Å². The number of hydrogen-bond acceptors (Lipinski definition) is 3. The van der Waals surface area contributed by atoms with Crippen molar-refractivity contribution < 1.29 is 4.74 Å². The van der Waals surface area contributed by atoms with E-state index in [1.165, 1.54) is 0 Å². The largest absolute Gasteiger partial charge is 0.487 e. The molecule has 16 heavy (non-hydrogen) atoms. The molecule has 5 heteroatoms. The van der Waals surface area contributed by atoms with E-state index in [9.17, 15) is 0 Å².